The summed E-state index contributed by atoms with van der Waals surface area (Å²) in [6, 6.07) is 7.14. The molecule has 1 N–H and O–H groups in total. The molecule has 3 aromatic rings. The first-order chi connectivity index (χ1) is 11.0. The van der Waals surface area contributed by atoms with E-state index >= 15 is 0 Å². The predicted molar refractivity (Wildman–Crippen MR) is 79.0 cm³/mol. The van der Waals surface area contributed by atoms with Crippen LogP contribution in [0, 0.1) is 0 Å². The van der Waals surface area contributed by atoms with Gasteiger partial charge in [-0.25, -0.2) is 9.50 Å². The second-order valence-corrected chi connectivity index (χ2v) is 4.79. The summed E-state index contributed by atoms with van der Waals surface area (Å²) in [4.78, 5) is 16.2. The summed E-state index contributed by atoms with van der Waals surface area (Å²) in [5, 5.41) is 6.75. The van der Waals surface area contributed by atoms with Gasteiger partial charge in [0.25, 0.3) is 5.91 Å². The van der Waals surface area contributed by atoms with Gasteiger partial charge in [-0.05, 0) is 30.3 Å². The van der Waals surface area contributed by atoms with E-state index in [1.54, 1.807) is 12.3 Å². The Balaban J connectivity index is 1.79. The number of halogens is 3. The van der Waals surface area contributed by atoms with E-state index in [4.69, 9.17) is 11.6 Å². The molecule has 2 heterocycles. The van der Waals surface area contributed by atoms with E-state index in [1.807, 2.05) is 0 Å². The molecule has 1 amide bonds. The van der Waals surface area contributed by atoms with Gasteiger partial charge in [0.15, 0.2) is 11.3 Å². The SMILES string of the molecule is O=C(Nc1ccc(OC(F)F)cc1)c1nn2cccnc2c1Cl. The largest absolute Gasteiger partial charge is 0.435 e. The third-order valence-electron chi connectivity index (χ3n) is 2.89. The molecule has 23 heavy (non-hydrogen) atoms. The van der Waals surface area contributed by atoms with E-state index in [9.17, 15) is 13.6 Å². The highest BCUT2D eigenvalue weighted by Gasteiger charge is 2.18. The molecule has 9 heteroatoms. The zero-order valence-electron chi connectivity index (χ0n) is 11.4. The molecule has 0 spiro atoms. The molecule has 118 valence electrons. The monoisotopic (exact) mass is 338 g/mol. The van der Waals surface area contributed by atoms with Crippen molar-refractivity contribution in [2.45, 2.75) is 6.61 Å². The molecule has 0 aliphatic heterocycles. The van der Waals surface area contributed by atoms with Crippen LogP contribution in [-0.4, -0.2) is 27.1 Å². The molecule has 0 aliphatic rings. The molecule has 6 nitrogen and oxygen atoms in total. The summed E-state index contributed by atoms with van der Waals surface area (Å²) in [5.41, 5.74) is 0.760. The predicted octanol–water partition coefficient (Wildman–Crippen LogP) is 3.24. The maximum Gasteiger partial charge on any atom is 0.387 e. The molecule has 0 aliphatic carbocycles. The Hall–Kier alpha value is -2.74. The van der Waals surface area contributed by atoms with Gasteiger partial charge in [0, 0.05) is 18.1 Å². The van der Waals surface area contributed by atoms with Crippen molar-refractivity contribution in [1.82, 2.24) is 14.6 Å². The number of hydrogen-bond donors (Lipinski definition) is 1. The van der Waals surface area contributed by atoms with Gasteiger partial charge in [-0.3, -0.25) is 4.79 Å². The number of carbonyl (C=O) groups excluding carboxylic acids is 1. The Morgan fingerprint density at radius 1 is 1.30 bits per heavy atom. The molecule has 2 aromatic heterocycles. The van der Waals surface area contributed by atoms with Gasteiger partial charge in [-0.15, -0.1) is 0 Å². The van der Waals surface area contributed by atoms with Crippen molar-refractivity contribution < 1.29 is 18.3 Å². The fourth-order valence-corrected chi connectivity index (χ4v) is 2.17. The summed E-state index contributed by atoms with van der Waals surface area (Å²) in [6.07, 6.45) is 3.15. The number of amides is 1. The van der Waals surface area contributed by atoms with Gasteiger partial charge in [-0.1, -0.05) is 11.6 Å². The van der Waals surface area contributed by atoms with Crippen molar-refractivity contribution in [3.05, 3.63) is 53.4 Å². The molecule has 0 fully saturated rings. The van der Waals surface area contributed by atoms with Crippen molar-refractivity contribution in [1.29, 1.82) is 0 Å². The lowest BCUT2D eigenvalue weighted by Crippen LogP contribution is -2.13. The van der Waals surface area contributed by atoms with Crippen molar-refractivity contribution in [3.63, 3.8) is 0 Å². The van der Waals surface area contributed by atoms with Crippen LogP contribution in [0.3, 0.4) is 0 Å². The van der Waals surface area contributed by atoms with E-state index in [0.29, 0.717) is 11.3 Å². The summed E-state index contributed by atoms with van der Waals surface area (Å²) >= 11 is 6.09. The Morgan fingerprint density at radius 2 is 2.04 bits per heavy atom. The lowest BCUT2D eigenvalue weighted by atomic mass is 10.3. The van der Waals surface area contributed by atoms with E-state index < -0.39 is 12.5 Å². The van der Waals surface area contributed by atoms with Gasteiger partial charge in [-0.2, -0.15) is 13.9 Å². The van der Waals surface area contributed by atoms with Crippen molar-refractivity contribution >= 4 is 28.8 Å². The molecular weight excluding hydrogens is 330 g/mol. The van der Waals surface area contributed by atoms with Crippen LogP contribution >= 0.6 is 11.6 Å². The summed E-state index contributed by atoms with van der Waals surface area (Å²) in [6.45, 7) is -2.90. The van der Waals surface area contributed by atoms with Gasteiger partial charge >= 0.3 is 6.61 Å². The number of fused-ring (bicyclic) bond motifs is 1. The summed E-state index contributed by atoms with van der Waals surface area (Å²) in [7, 11) is 0. The average molecular weight is 339 g/mol. The van der Waals surface area contributed by atoms with E-state index in [1.165, 1.54) is 35.0 Å². The maximum atomic E-state index is 12.2. The zero-order chi connectivity index (χ0) is 16.4. The third kappa shape index (κ3) is 3.21. The third-order valence-corrected chi connectivity index (χ3v) is 3.24. The lowest BCUT2D eigenvalue weighted by molar-refractivity contribution is -0.0498. The standard InChI is InChI=1S/C14H9ClF2N4O2/c15-10-11(20-21-7-1-6-18-12(10)21)13(22)19-8-2-4-9(5-3-8)23-14(16)17/h1-7,14H,(H,19,22). The lowest BCUT2D eigenvalue weighted by Gasteiger charge is -2.06. The Morgan fingerprint density at radius 3 is 2.70 bits per heavy atom. The molecule has 1 aromatic carbocycles. The van der Waals surface area contributed by atoms with Crippen LogP contribution in [0.1, 0.15) is 10.5 Å². The van der Waals surface area contributed by atoms with Crippen LogP contribution in [0.25, 0.3) is 5.65 Å². The number of ether oxygens (including phenoxy) is 1. The van der Waals surface area contributed by atoms with Gasteiger partial charge < -0.3 is 10.1 Å². The van der Waals surface area contributed by atoms with E-state index in [2.05, 4.69) is 20.1 Å². The first-order valence-corrected chi connectivity index (χ1v) is 6.77. The second kappa shape index (κ2) is 6.17. The van der Waals surface area contributed by atoms with Crippen LogP contribution in [0.15, 0.2) is 42.7 Å². The molecule has 0 saturated heterocycles. The number of benzene rings is 1. The maximum absolute atomic E-state index is 12.2. The number of carbonyl (C=O) groups is 1. The molecule has 3 rings (SSSR count). The summed E-state index contributed by atoms with van der Waals surface area (Å²) < 4.78 is 29.8. The van der Waals surface area contributed by atoms with Crippen LogP contribution in [-0.2, 0) is 0 Å². The van der Waals surface area contributed by atoms with Crippen molar-refractivity contribution in [2.24, 2.45) is 0 Å². The highest BCUT2D eigenvalue weighted by atomic mass is 35.5. The molecule has 0 radical (unpaired) electrons. The highest BCUT2D eigenvalue weighted by molar-refractivity contribution is 6.37. The van der Waals surface area contributed by atoms with Gasteiger partial charge in [0.2, 0.25) is 0 Å². The Labute approximate surface area is 133 Å². The fraction of sp³-hybridized carbons (Fsp3) is 0.0714. The second-order valence-electron chi connectivity index (χ2n) is 4.41. The topological polar surface area (TPSA) is 68.5 Å². The molecular formula is C14H9ClF2N4O2. The average Bonchev–Trinajstić information content (AvgIpc) is 2.86. The minimum absolute atomic E-state index is 0.00652. The minimum atomic E-state index is -2.90. The highest BCUT2D eigenvalue weighted by Crippen LogP contribution is 2.22. The first kappa shape index (κ1) is 15.2. The normalized spacial score (nSPS) is 11.0. The molecule has 0 saturated carbocycles. The number of hydrogen-bond acceptors (Lipinski definition) is 4. The number of anilines is 1. The number of nitrogens with one attached hydrogen (secondary N) is 1. The fourth-order valence-electron chi connectivity index (χ4n) is 1.91. The molecule has 0 unspecified atom stereocenters. The zero-order valence-corrected chi connectivity index (χ0v) is 12.2. The van der Waals surface area contributed by atoms with Crippen LogP contribution in [0.2, 0.25) is 5.02 Å². The van der Waals surface area contributed by atoms with Gasteiger partial charge in [0.1, 0.15) is 10.8 Å². The van der Waals surface area contributed by atoms with Crippen LogP contribution < -0.4 is 10.1 Å². The van der Waals surface area contributed by atoms with Gasteiger partial charge in [0.05, 0.1) is 0 Å². The number of nitrogens with zero attached hydrogens (tertiary/aromatic N) is 3. The minimum Gasteiger partial charge on any atom is -0.435 e. The van der Waals surface area contributed by atoms with E-state index in [-0.39, 0.29) is 16.5 Å². The Kier molecular flexibility index (Phi) is 4.07. The molecule has 0 atom stereocenters. The smallest absolute Gasteiger partial charge is 0.387 e. The summed E-state index contributed by atoms with van der Waals surface area (Å²) in [5.74, 6) is -0.545. The quantitative estimate of drug-likeness (QED) is 0.793. The van der Waals surface area contributed by atoms with Crippen molar-refractivity contribution in [3.8, 4) is 5.75 Å². The first-order valence-electron chi connectivity index (χ1n) is 6.39. The van der Waals surface area contributed by atoms with Crippen LogP contribution in [0.4, 0.5) is 14.5 Å². The van der Waals surface area contributed by atoms with Crippen molar-refractivity contribution in [2.75, 3.05) is 5.32 Å². The van der Waals surface area contributed by atoms with Crippen LogP contribution in [0.5, 0.6) is 5.75 Å². The number of rotatable bonds is 4. The molecule has 0 bridgehead atoms. The number of alkyl halides is 2. The Bertz CT molecular complexity index is 852. The van der Waals surface area contributed by atoms with E-state index in [0.717, 1.165) is 0 Å². The number of aromatic nitrogens is 3.